The highest BCUT2D eigenvalue weighted by atomic mass is 15.3. The minimum atomic E-state index is 0.724. The number of hydrogen-bond donors (Lipinski definition) is 1. The Morgan fingerprint density at radius 3 is 1.29 bits per heavy atom. The lowest BCUT2D eigenvalue weighted by atomic mass is 9.92. The standard InChI is InChI=1S/C22H45N2/c1-9-17(5)13-21(14-18(6)10-2)23-24-22(15-19(7)11-3)16-20(8)12-4/h17-20,23H,9-16H2,1-8H3. The Kier molecular flexibility index (Phi) is 13.4. The van der Waals surface area contributed by atoms with Crippen molar-refractivity contribution in [1.29, 1.82) is 0 Å². The summed E-state index contributed by atoms with van der Waals surface area (Å²) in [5, 5.41) is 4.90. The van der Waals surface area contributed by atoms with Crippen molar-refractivity contribution in [3.63, 3.8) is 0 Å². The Morgan fingerprint density at radius 2 is 0.958 bits per heavy atom. The summed E-state index contributed by atoms with van der Waals surface area (Å²) < 4.78 is 0. The minimum Gasteiger partial charge on any atom is -0.302 e. The Morgan fingerprint density at radius 1 is 0.625 bits per heavy atom. The molecule has 0 aromatic heterocycles. The van der Waals surface area contributed by atoms with Crippen LogP contribution >= 0.6 is 0 Å². The Hall–Kier alpha value is -0.530. The van der Waals surface area contributed by atoms with Gasteiger partial charge in [-0.05, 0) is 49.4 Å². The maximum Gasteiger partial charge on any atom is 0.0798 e. The van der Waals surface area contributed by atoms with Gasteiger partial charge in [0.15, 0.2) is 0 Å². The van der Waals surface area contributed by atoms with Gasteiger partial charge in [-0.15, -0.1) is 0 Å². The van der Waals surface area contributed by atoms with Crippen LogP contribution in [-0.4, -0.2) is 5.71 Å². The van der Waals surface area contributed by atoms with Gasteiger partial charge < -0.3 is 5.43 Å². The summed E-state index contributed by atoms with van der Waals surface area (Å²) in [7, 11) is 0. The van der Waals surface area contributed by atoms with E-state index in [0.717, 1.165) is 49.4 Å². The lowest BCUT2D eigenvalue weighted by molar-refractivity contribution is 0.416. The van der Waals surface area contributed by atoms with Gasteiger partial charge in [-0.3, -0.25) is 0 Å². The number of hydrazone groups is 1. The predicted molar refractivity (Wildman–Crippen MR) is 110 cm³/mol. The van der Waals surface area contributed by atoms with Crippen molar-refractivity contribution >= 4 is 5.71 Å². The molecule has 0 rings (SSSR count). The lowest BCUT2D eigenvalue weighted by Crippen LogP contribution is -2.23. The third kappa shape index (κ3) is 11.1. The summed E-state index contributed by atoms with van der Waals surface area (Å²) in [6.07, 6.45) is 9.52. The van der Waals surface area contributed by atoms with Crippen molar-refractivity contribution in [3.8, 4) is 0 Å². The van der Waals surface area contributed by atoms with E-state index in [1.54, 1.807) is 0 Å². The van der Waals surface area contributed by atoms with Crippen molar-refractivity contribution in [1.82, 2.24) is 5.43 Å². The van der Waals surface area contributed by atoms with E-state index in [2.05, 4.69) is 60.8 Å². The van der Waals surface area contributed by atoms with Crippen molar-refractivity contribution in [2.45, 2.75) is 107 Å². The maximum absolute atomic E-state index is 4.90. The maximum atomic E-state index is 4.90. The molecule has 0 spiro atoms. The monoisotopic (exact) mass is 337 g/mol. The Labute approximate surface area is 153 Å². The zero-order chi connectivity index (χ0) is 18.5. The molecule has 24 heavy (non-hydrogen) atoms. The van der Waals surface area contributed by atoms with Crippen LogP contribution in [0, 0.1) is 29.7 Å². The number of nitrogens with one attached hydrogen (secondary N) is 1. The van der Waals surface area contributed by atoms with E-state index in [1.807, 2.05) is 0 Å². The van der Waals surface area contributed by atoms with Crippen LogP contribution in [0.1, 0.15) is 107 Å². The fraction of sp³-hybridized carbons (Fsp3) is 0.909. The van der Waals surface area contributed by atoms with Gasteiger partial charge in [-0.25, -0.2) is 0 Å². The molecule has 0 heterocycles. The van der Waals surface area contributed by atoms with E-state index in [1.165, 1.54) is 37.4 Å². The topological polar surface area (TPSA) is 24.4 Å². The van der Waals surface area contributed by atoms with Gasteiger partial charge >= 0.3 is 0 Å². The first-order valence-corrected chi connectivity index (χ1v) is 10.5. The van der Waals surface area contributed by atoms with Gasteiger partial charge in [0.25, 0.3) is 0 Å². The molecule has 0 aromatic carbocycles. The quantitative estimate of drug-likeness (QED) is 0.263. The molecule has 1 radical (unpaired) electrons. The molecule has 0 bridgehead atoms. The Balaban J connectivity index is 4.93. The molecule has 1 N–H and O–H groups in total. The summed E-state index contributed by atoms with van der Waals surface area (Å²) in [4.78, 5) is 0. The second-order valence-corrected chi connectivity index (χ2v) is 8.26. The molecule has 2 nitrogen and oxygen atoms in total. The van der Waals surface area contributed by atoms with E-state index in [4.69, 9.17) is 5.10 Å². The van der Waals surface area contributed by atoms with Gasteiger partial charge in [-0.2, -0.15) is 5.10 Å². The van der Waals surface area contributed by atoms with Crippen LogP contribution in [0.25, 0.3) is 0 Å². The summed E-state index contributed by atoms with van der Waals surface area (Å²) in [6.45, 7) is 18.5. The summed E-state index contributed by atoms with van der Waals surface area (Å²) in [6, 6.07) is 1.43. The minimum absolute atomic E-state index is 0.724. The van der Waals surface area contributed by atoms with E-state index in [9.17, 15) is 0 Å². The van der Waals surface area contributed by atoms with E-state index >= 15 is 0 Å². The van der Waals surface area contributed by atoms with Crippen LogP contribution in [0.4, 0.5) is 0 Å². The molecule has 0 aliphatic carbocycles. The molecule has 143 valence electrons. The highest BCUT2D eigenvalue weighted by Gasteiger charge is 2.17. The van der Waals surface area contributed by atoms with Gasteiger partial charge in [-0.1, -0.05) is 81.1 Å². The molecule has 0 amide bonds. The highest BCUT2D eigenvalue weighted by Crippen LogP contribution is 2.24. The van der Waals surface area contributed by atoms with Gasteiger partial charge in [0.1, 0.15) is 0 Å². The van der Waals surface area contributed by atoms with Crippen LogP contribution in [0.15, 0.2) is 5.10 Å². The second kappa shape index (κ2) is 13.7. The first-order valence-electron chi connectivity index (χ1n) is 10.5. The normalized spacial score (nSPS) is 16.5. The first-order chi connectivity index (χ1) is 11.4. The van der Waals surface area contributed by atoms with Gasteiger partial charge in [0.2, 0.25) is 0 Å². The molecule has 0 aliphatic rings. The first kappa shape index (κ1) is 23.5. The average molecular weight is 338 g/mol. The Bertz CT molecular complexity index is 298. The van der Waals surface area contributed by atoms with Crippen molar-refractivity contribution in [2.75, 3.05) is 0 Å². The zero-order valence-corrected chi connectivity index (χ0v) is 17.9. The smallest absolute Gasteiger partial charge is 0.0798 e. The van der Waals surface area contributed by atoms with Crippen LogP contribution in [-0.2, 0) is 0 Å². The fourth-order valence-corrected chi connectivity index (χ4v) is 2.73. The molecule has 0 aliphatic heterocycles. The molecule has 2 heteroatoms. The van der Waals surface area contributed by atoms with Crippen LogP contribution < -0.4 is 5.43 Å². The number of nitrogens with zero attached hydrogens (tertiary/aromatic N) is 1. The summed E-state index contributed by atoms with van der Waals surface area (Å²) >= 11 is 0. The molecule has 0 fully saturated rings. The van der Waals surface area contributed by atoms with Gasteiger partial charge in [0.05, 0.1) is 6.04 Å². The third-order valence-electron chi connectivity index (χ3n) is 5.52. The lowest BCUT2D eigenvalue weighted by Gasteiger charge is -2.23. The van der Waals surface area contributed by atoms with Crippen molar-refractivity contribution in [2.24, 2.45) is 28.8 Å². The van der Waals surface area contributed by atoms with Crippen LogP contribution in [0.5, 0.6) is 0 Å². The fourth-order valence-electron chi connectivity index (χ4n) is 2.73. The number of hydrogen-bond acceptors (Lipinski definition) is 2. The number of rotatable bonds is 14. The third-order valence-corrected chi connectivity index (χ3v) is 5.52. The van der Waals surface area contributed by atoms with Gasteiger partial charge in [0, 0.05) is 5.71 Å². The zero-order valence-electron chi connectivity index (χ0n) is 17.9. The van der Waals surface area contributed by atoms with E-state index in [-0.39, 0.29) is 0 Å². The second-order valence-electron chi connectivity index (χ2n) is 8.26. The molecular weight excluding hydrogens is 292 g/mol. The van der Waals surface area contributed by atoms with E-state index < -0.39 is 0 Å². The highest BCUT2D eigenvalue weighted by molar-refractivity contribution is 5.84. The van der Waals surface area contributed by atoms with Crippen LogP contribution in [0.2, 0.25) is 0 Å². The SMILES string of the molecule is CCC(C)C[C](CC(C)CC)NN=C(CC(C)CC)CC(C)CC. The van der Waals surface area contributed by atoms with Crippen molar-refractivity contribution < 1.29 is 0 Å². The molecule has 4 unspecified atom stereocenters. The van der Waals surface area contributed by atoms with Crippen molar-refractivity contribution in [3.05, 3.63) is 6.04 Å². The summed E-state index contributed by atoms with van der Waals surface area (Å²) in [5.74, 6) is 2.92. The molecule has 4 atom stereocenters. The van der Waals surface area contributed by atoms with E-state index in [0.29, 0.717) is 0 Å². The molecule has 0 saturated carbocycles. The van der Waals surface area contributed by atoms with Crippen LogP contribution in [0.3, 0.4) is 0 Å². The molecule has 0 saturated heterocycles. The average Bonchev–Trinajstić information content (AvgIpc) is 2.58. The molecular formula is C22H45N2. The largest absolute Gasteiger partial charge is 0.302 e. The predicted octanol–water partition coefficient (Wildman–Crippen LogP) is 7.21. The summed E-state index contributed by atoms with van der Waals surface area (Å²) in [5.41, 5.74) is 4.88. The molecule has 0 aromatic rings.